The second kappa shape index (κ2) is 16.3. The molecule has 1 aromatic carbocycles. The first-order valence-electron chi connectivity index (χ1n) is 22.2. The predicted molar refractivity (Wildman–Crippen MR) is 243 cm³/mol. The molecule has 63 heavy (non-hydrogen) atoms. The van der Waals surface area contributed by atoms with Gasteiger partial charge >= 0.3 is 5.97 Å². The van der Waals surface area contributed by atoms with Crippen LogP contribution in [0.15, 0.2) is 35.8 Å². The first kappa shape index (κ1) is 44.0. The number of rotatable bonds is 8. The van der Waals surface area contributed by atoms with Crippen LogP contribution in [0.1, 0.15) is 62.9 Å². The summed E-state index contributed by atoms with van der Waals surface area (Å²) >= 11 is 1.45. The number of hydrogen-bond donors (Lipinski definition) is 1. The van der Waals surface area contributed by atoms with Gasteiger partial charge in [0.1, 0.15) is 10.7 Å². The Morgan fingerprint density at radius 1 is 1.08 bits per heavy atom. The molecule has 6 bridgehead atoms. The Hall–Kier alpha value is -4.23. The number of cyclic esters (lactones) is 1. The summed E-state index contributed by atoms with van der Waals surface area (Å²) in [6.07, 6.45) is 3.60. The largest absolute Gasteiger partial charge is 0.464 e. The van der Waals surface area contributed by atoms with Crippen LogP contribution in [0.25, 0.3) is 33.4 Å². The number of nitrogens with zero attached hydrogens (tertiary/aromatic N) is 8. The first-order valence-corrected chi connectivity index (χ1v) is 23.6. The fourth-order valence-electron chi connectivity index (χ4n) is 9.86. The molecule has 17 heteroatoms. The van der Waals surface area contributed by atoms with Crippen molar-refractivity contribution in [1.29, 1.82) is 0 Å². The smallest absolute Gasteiger partial charge is 0.329 e. The molecule has 3 aromatic heterocycles. The number of fused-ring (bicyclic) bond motifs is 4. The monoisotopic (exact) mass is 894 g/mol. The Kier molecular flexibility index (Phi) is 11.4. The van der Waals surface area contributed by atoms with E-state index in [0.717, 1.165) is 76.5 Å². The lowest BCUT2D eigenvalue weighted by Gasteiger charge is -2.47. The van der Waals surface area contributed by atoms with Crippen molar-refractivity contribution in [3.8, 4) is 22.5 Å². The maximum Gasteiger partial charge on any atom is 0.329 e. The molecule has 335 valence electrons. The number of likely N-dealkylation sites (N-methyl/N-ethyl adjacent to an activating group) is 2. The number of aromatic nitrogens is 3. The minimum Gasteiger partial charge on any atom is -0.464 e. The van der Waals surface area contributed by atoms with E-state index in [1.807, 2.05) is 42.5 Å². The number of piperazine rings is 1. The van der Waals surface area contributed by atoms with Gasteiger partial charge in [0.15, 0.2) is 5.54 Å². The molecule has 0 aliphatic carbocycles. The third-order valence-corrected chi connectivity index (χ3v) is 15.4. The molecular weight excluding hydrogens is 835 g/mol. The molecule has 4 atom stereocenters. The van der Waals surface area contributed by atoms with Gasteiger partial charge in [-0.3, -0.25) is 24.5 Å². The van der Waals surface area contributed by atoms with Crippen molar-refractivity contribution in [2.24, 2.45) is 5.41 Å². The van der Waals surface area contributed by atoms with Gasteiger partial charge in [0, 0.05) is 85.6 Å². The fourth-order valence-corrected chi connectivity index (χ4v) is 11.3. The summed E-state index contributed by atoms with van der Waals surface area (Å²) in [7, 11) is 11.4. The summed E-state index contributed by atoms with van der Waals surface area (Å²) < 4.78 is 20.2. The summed E-state index contributed by atoms with van der Waals surface area (Å²) in [6.45, 7) is 14.4. The standard InChI is InChI=1S/C46H60N9O6SSi/c1-9-53-36-12-11-30-19-32(36)34(39(53)33-20-31(23-47-38(33)29(2)59-8)52-17-15-51(7)16-18-52)21-43(3,4)26-61-42(58)44-13-10-14-54(55(44)25-44)41(57)46(63,22-37-48-35(30)24-62-37)49-40(56)45(50(5)6)27-60-28-45/h11-12,19-20,23-24,29H,9-10,13-18,21-22,25-28H2,1-8H3,(H,49,56)/t29-,44-,46?,55?/m0/s1. The Bertz CT molecular complexity index is 2440. The zero-order valence-electron chi connectivity index (χ0n) is 37.9. The number of anilines is 1. The van der Waals surface area contributed by atoms with Crippen LogP contribution in [0.3, 0.4) is 0 Å². The van der Waals surface area contributed by atoms with Crippen LogP contribution in [0, 0.1) is 5.41 Å². The molecule has 2 unspecified atom stereocenters. The zero-order chi connectivity index (χ0) is 44.6. The van der Waals surface area contributed by atoms with Crippen LogP contribution in [0.4, 0.5) is 5.69 Å². The molecule has 8 heterocycles. The Morgan fingerprint density at radius 2 is 1.84 bits per heavy atom. The molecule has 9 rings (SSSR count). The van der Waals surface area contributed by atoms with E-state index >= 15 is 0 Å². The van der Waals surface area contributed by atoms with Crippen molar-refractivity contribution in [3.63, 3.8) is 0 Å². The number of methoxy groups -OCH3 is 1. The summed E-state index contributed by atoms with van der Waals surface area (Å²) in [5.74, 6) is -1.01. The van der Waals surface area contributed by atoms with E-state index in [1.165, 1.54) is 11.3 Å². The van der Waals surface area contributed by atoms with Gasteiger partial charge in [-0.25, -0.2) is 9.78 Å². The third-order valence-electron chi connectivity index (χ3n) is 14.1. The van der Waals surface area contributed by atoms with Crippen molar-refractivity contribution in [3.05, 3.63) is 52.1 Å². The van der Waals surface area contributed by atoms with E-state index in [-0.39, 0.29) is 50.1 Å². The van der Waals surface area contributed by atoms with E-state index in [0.29, 0.717) is 43.9 Å². The van der Waals surface area contributed by atoms with Gasteiger partial charge in [0.25, 0.3) is 5.91 Å². The van der Waals surface area contributed by atoms with E-state index < -0.39 is 21.7 Å². The Labute approximate surface area is 377 Å². The number of hydrogen-bond acceptors (Lipinski definition) is 13. The molecule has 0 spiro atoms. The highest BCUT2D eigenvalue weighted by Crippen LogP contribution is 2.46. The van der Waals surface area contributed by atoms with Crippen LogP contribution in [-0.4, -0.2) is 166 Å². The topological polar surface area (TPSA) is 138 Å². The number of benzene rings is 1. The maximum absolute atomic E-state index is 14.9. The third kappa shape index (κ3) is 7.60. The second-order valence-electron chi connectivity index (χ2n) is 19.2. The van der Waals surface area contributed by atoms with Gasteiger partial charge in [-0.2, -0.15) is 5.01 Å². The Balaban J connectivity index is 1.19. The number of esters is 1. The highest BCUT2D eigenvalue weighted by Gasteiger charge is 2.66. The molecule has 0 saturated carbocycles. The van der Waals surface area contributed by atoms with Crippen LogP contribution in [0.2, 0.25) is 0 Å². The number of carbonyl (C=O) groups is 3. The number of aryl methyl sites for hydroxylation is 1. The molecule has 4 saturated heterocycles. The number of hydrazine groups is 1. The van der Waals surface area contributed by atoms with Crippen LogP contribution in [-0.2, 0) is 48.0 Å². The summed E-state index contributed by atoms with van der Waals surface area (Å²) in [4.78, 5) is 60.3. The van der Waals surface area contributed by atoms with Crippen molar-refractivity contribution >= 4 is 56.0 Å². The van der Waals surface area contributed by atoms with Crippen molar-refractivity contribution in [1.82, 2.24) is 39.7 Å². The quantitative estimate of drug-likeness (QED) is 0.156. The zero-order valence-corrected chi connectivity index (χ0v) is 39.7. The molecule has 3 radical (unpaired) electrons. The second-order valence-corrected chi connectivity index (χ2v) is 21.0. The van der Waals surface area contributed by atoms with Crippen molar-refractivity contribution in [2.45, 2.75) is 82.3 Å². The van der Waals surface area contributed by atoms with Gasteiger partial charge in [-0.05, 0) is 78.0 Å². The van der Waals surface area contributed by atoms with Crippen molar-refractivity contribution < 1.29 is 28.6 Å². The lowest BCUT2D eigenvalue weighted by molar-refractivity contribution is -0.169. The lowest BCUT2D eigenvalue weighted by atomic mass is 9.84. The van der Waals surface area contributed by atoms with E-state index in [1.54, 1.807) is 12.1 Å². The number of amides is 2. The minimum absolute atomic E-state index is 0.0838. The van der Waals surface area contributed by atoms with Gasteiger partial charge in [-0.15, -0.1) is 11.3 Å². The van der Waals surface area contributed by atoms with E-state index in [2.05, 4.69) is 82.0 Å². The van der Waals surface area contributed by atoms with Gasteiger partial charge < -0.3 is 33.9 Å². The summed E-state index contributed by atoms with van der Waals surface area (Å²) in [5, 5.41) is 8.78. The number of thiazole rings is 1. The fraction of sp³-hybridized carbons (Fsp3) is 0.587. The van der Waals surface area contributed by atoms with Crippen LogP contribution >= 0.6 is 11.3 Å². The van der Waals surface area contributed by atoms with Crippen LogP contribution < -0.4 is 10.2 Å². The molecule has 1 N–H and O–H groups in total. The number of carbonyl (C=O) groups excluding carboxylic acids is 3. The Morgan fingerprint density at radius 3 is 2.52 bits per heavy atom. The van der Waals surface area contributed by atoms with E-state index in [9.17, 15) is 14.4 Å². The summed E-state index contributed by atoms with van der Waals surface area (Å²) in [6, 6.07) is 8.82. The highest BCUT2D eigenvalue weighted by molar-refractivity contribution is 7.10. The average molecular weight is 895 g/mol. The highest BCUT2D eigenvalue weighted by atomic mass is 32.1. The molecule has 15 nitrogen and oxygen atoms in total. The normalized spacial score (nSPS) is 26.5. The lowest BCUT2D eigenvalue weighted by Crippen LogP contribution is -2.73. The predicted octanol–water partition coefficient (Wildman–Crippen LogP) is 3.88. The van der Waals surface area contributed by atoms with Crippen molar-refractivity contribution in [2.75, 3.05) is 92.2 Å². The molecule has 2 amide bonds. The molecular formula is C46H60N9O6SSi. The molecule has 4 fully saturated rings. The number of pyridine rings is 1. The first-order chi connectivity index (χ1) is 30.0. The van der Waals surface area contributed by atoms with Gasteiger partial charge in [0.2, 0.25) is 5.91 Å². The van der Waals surface area contributed by atoms with Gasteiger partial charge in [-0.1, -0.05) is 19.9 Å². The van der Waals surface area contributed by atoms with Gasteiger partial charge in [0.05, 0.1) is 76.7 Å². The SMILES string of the molecule is CCn1c(-c2cc(N3CCN(C)CC3)cnc2[C@H](C)OC)c2c3cc(ccc31)-c1csc(n1)CC([Si])(NC(=O)C1(N(C)C)COC1)C(=O)N1CCC[C@]3(CN13)C(=O)OCC(C)(C)C2. The molecule has 4 aromatic rings. The van der Waals surface area contributed by atoms with E-state index in [4.69, 9.17) is 24.2 Å². The van der Waals surface area contributed by atoms with Crippen LogP contribution in [0.5, 0.6) is 0 Å². The maximum atomic E-state index is 14.9. The summed E-state index contributed by atoms with van der Waals surface area (Å²) in [5.41, 5.74) is 5.64. The average Bonchev–Trinajstić information content (AvgIpc) is 3.72. The molecule has 5 aliphatic heterocycles. The minimum atomic E-state index is -1.57. The number of nitrogens with one attached hydrogen (secondary N) is 1. The number of ether oxygens (including phenoxy) is 3. The molecule has 5 aliphatic rings.